The number of hydrogen-bond acceptors (Lipinski definition) is 5. The Morgan fingerprint density at radius 2 is 1.67 bits per heavy atom. The first-order valence-corrected chi connectivity index (χ1v) is 10.5. The zero-order chi connectivity index (χ0) is 19.9. The molecule has 2 aromatic rings. The fourth-order valence-corrected chi connectivity index (χ4v) is 3.65. The predicted octanol–water partition coefficient (Wildman–Crippen LogP) is 4.39. The number of halogens is 1. The van der Waals surface area contributed by atoms with Gasteiger partial charge in [0.05, 0.1) is 11.0 Å². The number of carbonyl (C=O) groups excluding carboxylic acids is 1. The van der Waals surface area contributed by atoms with Crippen LogP contribution in [0.15, 0.2) is 59.5 Å². The number of hydrogen-bond donors (Lipinski definition) is 0. The van der Waals surface area contributed by atoms with Crippen molar-refractivity contribution in [1.82, 2.24) is 0 Å². The van der Waals surface area contributed by atoms with Crippen molar-refractivity contribution in [3.8, 4) is 0 Å². The van der Waals surface area contributed by atoms with Crippen molar-refractivity contribution in [3.05, 3.63) is 65.2 Å². The molecule has 146 valence electrons. The van der Waals surface area contributed by atoms with E-state index in [9.17, 15) is 13.2 Å². The Balaban J connectivity index is 2.09. The summed E-state index contributed by atoms with van der Waals surface area (Å²) in [6, 6.07) is 15.3. The molecule has 0 radical (unpaired) electrons. The van der Waals surface area contributed by atoms with Crippen LogP contribution in [-0.4, -0.2) is 26.6 Å². The highest BCUT2D eigenvalue weighted by Crippen LogP contribution is 2.20. The third kappa shape index (κ3) is 6.97. The number of carbonyl (C=O) groups is 1. The Kier molecular flexibility index (Phi) is 7.83. The highest BCUT2D eigenvalue weighted by atomic mass is 35.5. The second kappa shape index (κ2) is 9.88. The summed E-state index contributed by atoms with van der Waals surface area (Å²) in [7, 11) is -4.11. The van der Waals surface area contributed by atoms with E-state index >= 15 is 0 Å². The lowest BCUT2D eigenvalue weighted by atomic mass is 10.1. The average Bonchev–Trinajstić information content (AvgIpc) is 2.61. The zero-order valence-corrected chi connectivity index (χ0v) is 16.9. The summed E-state index contributed by atoms with van der Waals surface area (Å²) >= 11 is 5.79. The maximum absolute atomic E-state index is 12.5. The molecular weight excluding hydrogens is 388 g/mol. The molecule has 0 aliphatic carbocycles. The lowest BCUT2D eigenvalue weighted by molar-refractivity contribution is -0.156. The maximum atomic E-state index is 12.5. The van der Waals surface area contributed by atoms with Crippen LogP contribution >= 0.6 is 11.6 Å². The van der Waals surface area contributed by atoms with E-state index in [1.165, 1.54) is 24.3 Å². The molecule has 0 aliphatic rings. The molecule has 0 unspecified atom stereocenters. The number of aryl methyl sites for hydroxylation is 1. The highest BCUT2D eigenvalue weighted by Gasteiger charge is 2.29. The summed E-state index contributed by atoms with van der Waals surface area (Å²) in [5.74, 6) is -0.685. The Morgan fingerprint density at radius 1 is 1.04 bits per heavy atom. The summed E-state index contributed by atoms with van der Waals surface area (Å²) in [4.78, 5) is 12.3. The molecule has 2 aromatic carbocycles. The van der Waals surface area contributed by atoms with E-state index in [2.05, 4.69) is 0 Å². The normalized spacial score (nSPS) is 12.7. The van der Waals surface area contributed by atoms with Crippen LogP contribution in [0.2, 0.25) is 5.02 Å². The van der Waals surface area contributed by atoms with Gasteiger partial charge in [-0.2, -0.15) is 8.42 Å². The van der Waals surface area contributed by atoms with Crippen LogP contribution in [0.1, 0.15) is 32.3 Å². The van der Waals surface area contributed by atoms with E-state index < -0.39 is 22.2 Å². The molecule has 0 fully saturated rings. The summed E-state index contributed by atoms with van der Waals surface area (Å²) in [5.41, 5.74) is 1.11. The second-order valence-electron chi connectivity index (χ2n) is 6.36. The Hall–Kier alpha value is -1.89. The average molecular weight is 411 g/mol. The molecule has 1 atom stereocenters. The Morgan fingerprint density at radius 3 is 2.26 bits per heavy atom. The van der Waals surface area contributed by atoms with Gasteiger partial charge in [0.2, 0.25) is 0 Å². The van der Waals surface area contributed by atoms with Gasteiger partial charge in [-0.15, -0.1) is 0 Å². The van der Waals surface area contributed by atoms with Crippen molar-refractivity contribution < 1.29 is 22.1 Å². The smallest absolute Gasteiger partial charge is 0.337 e. The standard InChI is InChI=1S/C20H23ClO5S/c1-15(2)25-20(22)19(10-6-9-16-7-4-3-5-8-16)26-27(23,24)18-13-11-17(21)12-14-18/h3-5,7-8,11-15,19H,6,9-10H2,1-2H3/t19-/m1/s1. The molecule has 0 saturated carbocycles. The molecule has 2 rings (SSSR count). The van der Waals surface area contributed by atoms with Crippen LogP contribution in [0.3, 0.4) is 0 Å². The topological polar surface area (TPSA) is 69.7 Å². The van der Waals surface area contributed by atoms with Gasteiger partial charge in [0.15, 0.2) is 6.10 Å². The van der Waals surface area contributed by atoms with Gasteiger partial charge < -0.3 is 4.74 Å². The fourth-order valence-electron chi connectivity index (χ4n) is 2.46. The number of benzene rings is 2. The SMILES string of the molecule is CC(C)OC(=O)[C@@H](CCCc1ccccc1)OS(=O)(=O)c1ccc(Cl)cc1. The summed E-state index contributed by atoms with van der Waals surface area (Å²) in [6.07, 6.45) is -0.0465. The quantitative estimate of drug-likeness (QED) is 0.453. The van der Waals surface area contributed by atoms with Crippen LogP contribution in [0.5, 0.6) is 0 Å². The molecule has 5 nitrogen and oxygen atoms in total. The molecule has 0 heterocycles. The first kappa shape index (κ1) is 21.4. The number of rotatable bonds is 9. The van der Waals surface area contributed by atoms with Gasteiger partial charge in [0.1, 0.15) is 0 Å². The van der Waals surface area contributed by atoms with E-state index in [0.29, 0.717) is 17.9 Å². The zero-order valence-electron chi connectivity index (χ0n) is 15.3. The van der Waals surface area contributed by atoms with Crippen molar-refractivity contribution in [2.75, 3.05) is 0 Å². The molecule has 7 heteroatoms. The third-order valence-electron chi connectivity index (χ3n) is 3.73. The van der Waals surface area contributed by atoms with Crippen LogP contribution in [0, 0.1) is 0 Å². The van der Waals surface area contributed by atoms with Gasteiger partial charge in [-0.3, -0.25) is 4.18 Å². The summed E-state index contributed by atoms with van der Waals surface area (Å²) in [5, 5.41) is 0.410. The van der Waals surface area contributed by atoms with E-state index in [4.69, 9.17) is 20.5 Å². The minimum atomic E-state index is -4.11. The van der Waals surface area contributed by atoms with Gasteiger partial charge >= 0.3 is 5.97 Å². The molecular formula is C20H23ClO5S. The highest BCUT2D eigenvalue weighted by molar-refractivity contribution is 7.86. The summed E-state index contributed by atoms with van der Waals surface area (Å²) < 4.78 is 35.4. The fraction of sp³-hybridized carbons (Fsp3) is 0.350. The van der Waals surface area contributed by atoms with Crippen molar-refractivity contribution >= 4 is 27.7 Å². The Bertz CT molecular complexity index is 832. The Labute approximate surface area is 165 Å². The molecule has 0 bridgehead atoms. The first-order valence-electron chi connectivity index (χ1n) is 8.71. The van der Waals surface area contributed by atoms with Gasteiger partial charge in [0, 0.05) is 5.02 Å². The van der Waals surface area contributed by atoms with Crippen LogP contribution in [-0.2, 0) is 30.3 Å². The van der Waals surface area contributed by atoms with Gasteiger partial charge in [-0.25, -0.2) is 4.79 Å². The van der Waals surface area contributed by atoms with E-state index in [1.54, 1.807) is 13.8 Å². The molecule has 0 saturated heterocycles. The van der Waals surface area contributed by atoms with Gasteiger partial charge in [-0.05, 0) is 62.9 Å². The molecule has 0 spiro atoms. The van der Waals surface area contributed by atoms with Crippen LogP contribution in [0.25, 0.3) is 0 Å². The first-order chi connectivity index (χ1) is 12.8. The van der Waals surface area contributed by atoms with Crippen molar-refractivity contribution in [1.29, 1.82) is 0 Å². The van der Waals surface area contributed by atoms with Crippen LogP contribution < -0.4 is 0 Å². The van der Waals surface area contributed by atoms with Gasteiger partial charge in [0.25, 0.3) is 10.1 Å². The minimum Gasteiger partial charge on any atom is -0.461 e. The summed E-state index contributed by atoms with van der Waals surface area (Å²) in [6.45, 7) is 3.40. The molecule has 0 N–H and O–H groups in total. The van der Waals surface area contributed by atoms with E-state index in [1.807, 2.05) is 30.3 Å². The maximum Gasteiger partial charge on any atom is 0.337 e. The second-order valence-corrected chi connectivity index (χ2v) is 8.36. The molecule has 0 aliphatic heterocycles. The lowest BCUT2D eigenvalue weighted by Gasteiger charge is -2.18. The van der Waals surface area contributed by atoms with Gasteiger partial charge in [-0.1, -0.05) is 41.9 Å². The predicted molar refractivity (Wildman–Crippen MR) is 104 cm³/mol. The molecule has 27 heavy (non-hydrogen) atoms. The van der Waals surface area contributed by atoms with Crippen molar-refractivity contribution in [3.63, 3.8) is 0 Å². The van der Waals surface area contributed by atoms with E-state index in [-0.39, 0.29) is 17.4 Å². The van der Waals surface area contributed by atoms with Crippen molar-refractivity contribution in [2.24, 2.45) is 0 Å². The van der Waals surface area contributed by atoms with Crippen molar-refractivity contribution in [2.45, 2.75) is 50.2 Å². The number of ether oxygens (including phenoxy) is 1. The third-order valence-corrected chi connectivity index (χ3v) is 5.32. The molecule has 0 amide bonds. The largest absolute Gasteiger partial charge is 0.461 e. The van der Waals surface area contributed by atoms with E-state index in [0.717, 1.165) is 5.56 Å². The number of esters is 1. The monoisotopic (exact) mass is 410 g/mol. The lowest BCUT2D eigenvalue weighted by Crippen LogP contribution is -2.31. The van der Waals surface area contributed by atoms with Crippen LogP contribution in [0.4, 0.5) is 0 Å². The minimum absolute atomic E-state index is 0.0580. The molecule has 0 aromatic heterocycles.